The smallest absolute Gasteiger partial charge is 0.269 e. The van der Waals surface area contributed by atoms with Gasteiger partial charge in [-0.1, -0.05) is 109 Å². The van der Waals surface area contributed by atoms with E-state index in [9.17, 15) is 81.5 Å². The molecule has 0 spiro atoms. The third kappa shape index (κ3) is 10.1. The van der Waals surface area contributed by atoms with Crippen molar-refractivity contribution in [1.82, 2.24) is 0 Å². The van der Waals surface area contributed by atoms with Crippen LogP contribution in [0.4, 0.5) is 69.7 Å². The second kappa shape index (κ2) is 19.5. The van der Waals surface area contributed by atoms with Crippen LogP contribution in [-0.2, 0) is 34.2 Å². The first-order chi connectivity index (χ1) is 35.2. The second-order valence-corrected chi connectivity index (χ2v) is 16.7. The molecule has 9 rings (SSSR count). The average molecular weight is 1050 g/mol. The number of imide groups is 3. The topological polar surface area (TPSA) is 112 Å². The van der Waals surface area contributed by atoms with Crippen LogP contribution in [0, 0.1) is 0 Å². The minimum atomic E-state index is -5.79. The number of hydrogen-bond acceptors (Lipinski definition) is 6. The molecular formula is C54H31F12N3O6. The van der Waals surface area contributed by atoms with Crippen molar-refractivity contribution < 1.29 is 81.5 Å². The Hall–Kier alpha value is -8.88. The van der Waals surface area contributed by atoms with Gasteiger partial charge in [-0.3, -0.25) is 28.8 Å². The molecule has 0 aliphatic carbocycles. The van der Waals surface area contributed by atoms with Crippen LogP contribution in [0.25, 0.3) is 33.4 Å². The Bertz CT molecular complexity index is 3090. The van der Waals surface area contributed by atoms with Crippen molar-refractivity contribution in [3.63, 3.8) is 0 Å². The minimum Gasteiger partial charge on any atom is -0.269 e. The summed E-state index contributed by atoms with van der Waals surface area (Å²) in [6.07, 6.45) is -15.8. The van der Waals surface area contributed by atoms with Gasteiger partial charge in [-0.15, -0.1) is 0 Å². The first-order valence-electron chi connectivity index (χ1n) is 21.8. The molecule has 0 radical (unpaired) electrons. The average Bonchev–Trinajstić information content (AvgIpc) is 4.00. The first kappa shape index (κ1) is 52.4. The van der Waals surface area contributed by atoms with Crippen molar-refractivity contribution >= 4 is 52.5 Å². The Morgan fingerprint density at radius 1 is 0.280 bits per heavy atom. The molecule has 21 heteroatoms. The Kier molecular flexibility index (Phi) is 13.6. The van der Waals surface area contributed by atoms with Crippen LogP contribution in [0.1, 0.15) is 22.6 Å². The van der Waals surface area contributed by atoms with Crippen LogP contribution in [0.3, 0.4) is 0 Å². The number of hydrogen-bond donors (Lipinski definition) is 0. The van der Waals surface area contributed by atoms with E-state index in [4.69, 9.17) is 0 Å². The third-order valence-corrected chi connectivity index (χ3v) is 12.2. The SMILES string of the molecule is O=C1C=CC(=O)N1c1ccc(-c2ccc(C(C(F)(F)F)C(F)(F)F)cc2)cc1.O=C1C=CC(=O)N1c1ccc(-c2ccc(C(c3ccc(-c4ccc(N5C(=O)C=CC5=O)cc4)cc3)(C(F)(F)F)C(F)(F)F)cc2)cc1. The van der Waals surface area contributed by atoms with Gasteiger partial charge in [-0.25, -0.2) is 14.7 Å². The van der Waals surface area contributed by atoms with Crippen molar-refractivity contribution in [2.24, 2.45) is 0 Å². The van der Waals surface area contributed by atoms with Crippen molar-refractivity contribution in [1.29, 1.82) is 0 Å². The summed E-state index contributed by atoms with van der Waals surface area (Å²) in [5.74, 6) is -6.74. The normalized spacial score (nSPS) is 15.2. The Morgan fingerprint density at radius 2 is 0.480 bits per heavy atom. The molecule has 0 fully saturated rings. The van der Waals surface area contributed by atoms with Gasteiger partial charge < -0.3 is 0 Å². The molecule has 3 aliphatic heterocycles. The molecule has 0 saturated carbocycles. The number of rotatable bonds is 9. The standard InChI is InChI=1S/C35H20F6N2O4.C19H11F6NO2/c36-34(37,38)33(35(39,40)41,25-9-1-21(2-10-25)23-5-13-27(14-6-23)42-29(44)17-18-30(42)45)26-11-3-22(4-12-26)24-7-15-28(16-8-24)43-31(46)19-20-32(43)47;20-18(21,22)17(19(23,24)25)13-3-1-11(2-4-13)12-5-7-14(8-6-12)26-15(27)9-10-16(26)28/h1-20H;1-10,17H. The van der Waals surface area contributed by atoms with E-state index in [0.717, 1.165) is 124 Å². The summed E-state index contributed by atoms with van der Waals surface area (Å²) >= 11 is 0. The lowest BCUT2D eigenvalue weighted by molar-refractivity contribution is -0.288. The molecule has 75 heavy (non-hydrogen) atoms. The molecule has 3 heterocycles. The van der Waals surface area contributed by atoms with Crippen molar-refractivity contribution in [3.8, 4) is 33.4 Å². The number of anilines is 3. The number of benzene rings is 6. The maximum atomic E-state index is 14.8. The van der Waals surface area contributed by atoms with Crippen LogP contribution in [0.2, 0.25) is 0 Å². The molecular weight excluding hydrogens is 1010 g/mol. The molecule has 9 nitrogen and oxygen atoms in total. The van der Waals surface area contributed by atoms with Gasteiger partial charge in [0.2, 0.25) is 5.41 Å². The van der Waals surface area contributed by atoms with Gasteiger partial charge in [-0.2, -0.15) is 52.7 Å². The van der Waals surface area contributed by atoms with E-state index in [1.807, 2.05) is 0 Å². The number of nitrogens with zero attached hydrogens (tertiary/aromatic N) is 3. The lowest BCUT2D eigenvalue weighted by atomic mass is 9.72. The highest BCUT2D eigenvalue weighted by Crippen LogP contribution is 2.56. The minimum absolute atomic E-state index is 0.256. The van der Waals surface area contributed by atoms with Gasteiger partial charge in [0.1, 0.15) is 0 Å². The van der Waals surface area contributed by atoms with E-state index in [-0.39, 0.29) is 11.4 Å². The largest absolute Gasteiger partial charge is 0.411 e. The molecule has 6 aromatic rings. The molecule has 382 valence electrons. The van der Waals surface area contributed by atoms with E-state index < -0.39 is 88.2 Å². The molecule has 0 bridgehead atoms. The fourth-order valence-corrected chi connectivity index (χ4v) is 8.61. The van der Waals surface area contributed by atoms with E-state index in [1.54, 1.807) is 0 Å². The Balaban J connectivity index is 0.000000227. The number of carbonyl (C=O) groups excluding carboxylic acids is 6. The molecule has 0 N–H and O–H groups in total. The fourth-order valence-electron chi connectivity index (χ4n) is 8.61. The fraction of sp³-hybridized carbons (Fsp3) is 0.111. The maximum Gasteiger partial charge on any atom is 0.411 e. The van der Waals surface area contributed by atoms with Crippen LogP contribution >= 0.6 is 0 Å². The quantitative estimate of drug-likeness (QED) is 0.105. The summed E-state index contributed by atoms with van der Waals surface area (Å²) in [5, 5.41) is 0. The zero-order valence-corrected chi connectivity index (χ0v) is 37.7. The Morgan fingerprint density at radius 3 is 0.680 bits per heavy atom. The lowest BCUT2D eigenvalue weighted by Crippen LogP contribution is -2.54. The van der Waals surface area contributed by atoms with Gasteiger partial charge >= 0.3 is 24.7 Å². The summed E-state index contributed by atoms with van der Waals surface area (Å²) in [4.78, 5) is 73.8. The summed E-state index contributed by atoms with van der Waals surface area (Å²) < 4.78 is 165. The molecule has 6 amide bonds. The van der Waals surface area contributed by atoms with E-state index >= 15 is 0 Å². The van der Waals surface area contributed by atoms with Gasteiger partial charge in [0, 0.05) is 36.5 Å². The molecule has 0 aromatic heterocycles. The summed E-state index contributed by atoms with van der Waals surface area (Å²) in [6.45, 7) is 0. The zero-order valence-electron chi connectivity index (χ0n) is 37.7. The van der Waals surface area contributed by atoms with Crippen LogP contribution in [-0.4, -0.2) is 60.1 Å². The second-order valence-electron chi connectivity index (χ2n) is 16.7. The summed E-state index contributed by atoms with van der Waals surface area (Å²) in [5.41, 5.74) is -4.17. The first-order valence-corrected chi connectivity index (χ1v) is 21.8. The highest BCUT2D eigenvalue weighted by molar-refractivity contribution is 6.29. The van der Waals surface area contributed by atoms with E-state index in [0.29, 0.717) is 39.1 Å². The summed E-state index contributed by atoms with van der Waals surface area (Å²) in [7, 11) is 0. The van der Waals surface area contributed by atoms with E-state index in [1.165, 1.54) is 72.8 Å². The molecule has 0 saturated heterocycles. The third-order valence-electron chi connectivity index (χ3n) is 12.2. The predicted molar refractivity (Wildman–Crippen MR) is 248 cm³/mol. The van der Waals surface area contributed by atoms with Crippen LogP contribution in [0.15, 0.2) is 182 Å². The Labute approximate surface area is 415 Å². The number of carbonyl (C=O) groups is 6. The summed E-state index contributed by atoms with van der Waals surface area (Å²) in [6, 6.07) is 29.3. The molecule has 6 aromatic carbocycles. The van der Waals surface area contributed by atoms with Gasteiger partial charge in [0.05, 0.1) is 17.1 Å². The molecule has 3 aliphatic rings. The van der Waals surface area contributed by atoms with Gasteiger partial charge in [-0.05, 0) is 86.5 Å². The number of alkyl halides is 12. The van der Waals surface area contributed by atoms with Crippen LogP contribution in [0.5, 0.6) is 0 Å². The lowest BCUT2D eigenvalue weighted by Gasteiger charge is -2.38. The molecule has 0 atom stereocenters. The highest BCUT2D eigenvalue weighted by Gasteiger charge is 2.72. The van der Waals surface area contributed by atoms with Gasteiger partial charge in [0.15, 0.2) is 5.92 Å². The molecule has 0 unspecified atom stereocenters. The monoisotopic (exact) mass is 1050 g/mol. The number of amides is 6. The maximum absolute atomic E-state index is 14.8. The predicted octanol–water partition coefficient (Wildman–Crippen LogP) is 12.3. The van der Waals surface area contributed by atoms with Crippen molar-refractivity contribution in [3.05, 3.63) is 199 Å². The van der Waals surface area contributed by atoms with Crippen molar-refractivity contribution in [2.75, 3.05) is 14.7 Å². The van der Waals surface area contributed by atoms with Crippen LogP contribution < -0.4 is 14.7 Å². The number of halogens is 12. The van der Waals surface area contributed by atoms with E-state index in [2.05, 4.69) is 0 Å². The van der Waals surface area contributed by atoms with Crippen molar-refractivity contribution in [2.45, 2.75) is 36.0 Å². The van der Waals surface area contributed by atoms with Gasteiger partial charge in [0.25, 0.3) is 35.4 Å². The zero-order chi connectivity index (χ0) is 54.4. The highest BCUT2D eigenvalue weighted by atomic mass is 19.4.